The van der Waals surface area contributed by atoms with Gasteiger partial charge in [0, 0.05) is 33.4 Å². The first-order valence-electron chi connectivity index (χ1n) is 6.64. The summed E-state index contributed by atoms with van der Waals surface area (Å²) in [4.78, 5) is 13.9. The summed E-state index contributed by atoms with van der Waals surface area (Å²) in [5.74, 6) is -1.43. The molecule has 0 aliphatic heterocycles. The van der Waals surface area contributed by atoms with Crippen LogP contribution in [0.15, 0.2) is 36.4 Å². The second kappa shape index (κ2) is 5.81. The summed E-state index contributed by atoms with van der Waals surface area (Å²) in [5.41, 5.74) is 1.84. The Bertz CT molecular complexity index is 908. The van der Waals surface area contributed by atoms with E-state index in [9.17, 15) is 9.18 Å². The lowest BCUT2D eigenvalue weighted by Crippen LogP contribution is -1.94. The minimum atomic E-state index is -1.06. The topological polar surface area (TPSA) is 74.3 Å². The van der Waals surface area contributed by atoms with Crippen LogP contribution < -0.4 is 10.1 Å². The van der Waals surface area contributed by atoms with Gasteiger partial charge in [0.25, 0.3) is 0 Å². The molecule has 0 amide bonds. The molecule has 23 heavy (non-hydrogen) atoms. The number of methoxy groups -OCH3 is 1. The highest BCUT2D eigenvalue weighted by molar-refractivity contribution is 6.32. The number of aromatic nitrogens is 1. The fourth-order valence-corrected chi connectivity index (χ4v) is 2.53. The Kier molecular flexibility index (Phi) is 3.83. The highest BCUT2D eigenvalue weighted by Gasteiger charge is 2.12. The number of fused-ring (bicyclic) bond motifs is 1. The number of ether oxygens (including phenoxy) is 1. The molecule has 0 aliphatic carbocycles. The molecule has 0 unspecified atom stereocenters. The first kappa shape index (κ1) is 15.2. The molecule has 0 bridgehead atoms. The fourth-order valence-electron chi connectivity index (χ4n) is 2.31. The van der Waals surface area contributed by atoms with E-state index in [2.05, 4.69) is 10.3 Å². The predicted molar refractivity (Wildman–Crippen MR) is 86.5 cm³/mol. The van der Waals surface area contributed by atoms with Gasteiger partial charge in [0.1, 0.15) is 5.69 Å². The number of anilines is 2. The molecule has 0 saturated carbocycles. The summed E-state index contributed by atoms with van der Waals surface area (Å²) in [7, 11) is 1.38. The van der Waals surface area contributed by atoms with Crippen LogP contribution in [0.2, 0.25) is 5.02 Å². The maximum Gasteiger partial charge on any atom is 0.352 e. The smallest absolute Gasteiger partial charge is 0.352 e. The summed E-state index contributed by atoms with van der Waals surface area (Å²) in [6, 6.07) is 9.15. The van der Waals surface area contributed by atoms with Gasteiger partial charge in [-0.05, 0) is 30.3 Å². The molecular formula is C16H12ClFN2O3. The van der Waals surface area contributed by atoms with Gasteiger partial charge < -0.3 is 20.1 Å². The van der Waals surface area contributed by atoms with Gasteiger partial charge in [-0.3, -0.25) is 0 Å². The molecule has 0 saturated heterocycles. The number of carboxylic acids is 1. The lowest BCUT2D eigenvalue weighted by atomic mass is 10.2. The van der Waals surface area contributed by atoms with Crippen molar-refractivity contribution >= 4 is 39.8 Å². The highest BCUT2D eigenvalue weighted by atomic mass is 35.5. The fraction of sp³-hybridized carbons (Fsp3) is 0.0625. The third-order valence-corrected chi connectivity index (χ3v) is 3.58. The van der Waals surface area contributed by atoms with Crippen molar-refractivity contribution in [1.82, 2.24) is 4.98 Å². The zero-order chi connectivity index (χ0) is 16.6. The Labute approximate surface area is 135 Å². The zero-order valence-electron chi connectivity index (χ0n) is 12.0. The van der Waals surface area contributed by atoms with E-state index in [1.807, 2.05) is 0 Å². The predicted octanol–water partition coefficient (Wildman–Crippen LogP) is 4.41. The van der Waals surface area contributed by atoms with E-state index in [1.165, 1.54) is 25.3 Å². The van der Waals surface area contributed by atoms with Crippen LogP contribution in [0.3, 0.4) is 0 Å². The van der Waals surface area contributed by atoms with Crippen LogP contribution in [0, 0.1) is 5.82 Å². The largest absolute Gasteiger partial charge is 0.494 e. The van der Waals surface area contributed by atoms with Crippen LogP contribution >= 0.6 is 11.6 Å². The SMILES string of the molecule is COc1cc(Nc2cc(Cl)cc3[nH]c(C(=O)O)cc23)ccc1F. The number of H-pyrrole nitrogens is 1. The van der Waals surface area contributed by atoms with Gasteiger partial charge in [0.15, 0.2) is 11.6 Å². The minimum absolute atomic E-state index is 0.0574. The normalized spacial score (nSPS) is 10.7. The molecule has 0 aliphatic rings. The summed E-state index contributed by atoms with van der Waals surface area (Å²) >= 11 is 6.07. The minimum Gasteiger partial charge on any atom is -0.494 e. The first-order valence-corrected chi connectivity index (χ1v) is 7.02. The third kappa shape index (κ3) is 2.93. The number of aromatic amines is 1. The average molecular weight is 335 g/mol. The Morgan fingerprint density at radius 2 is 2.09 bits per heavy atom. The maximum absolute atomic E-state index is 13.5. The van der Waals surface area contributed by atoms with Gasteiger partial charge in [-0.25, -0.2) is 9.18 Å². The van der Waals surface area contributed by atoms with Crippen molar-refractivity contribution in [3.05, 3.63) is 52.9 Å². The van der Waals surface area contributed by atoms with Crippen molar-refractivity contribution in [1.29, 1.82) is 0 Å². The molecule has 3 N–H and O–H groups in total. The molecule has 118 valence electrons. The van der Waals surface area contributed by atoms with Gasteiger partial charge in [0.2, 0.25) is 0 Å². The van der Waals surface area contributed by atoms with Gasteiger partial charge in [-0.1, -0.05) is 11.6 Å². The maximum atomic E-state index is 13.5. The molecule has 0 radical (unpaired) electrons. The lowest BCUT2D eigenvalue weighted by molar-refractivity contribution is 0.0691. The van der Waals surface area contributed by atoms with E-state index in [0.717, 1.165) is 0 Å². The van der Waals surface area contributed by atoms with E-state index in [4.69, 9.17) is 21.4 Å². The molecule has 5 nitrogen and oxygen atoms in total. The Morgan fingerprint density at radius 1 is 1.30 bits per heavy atom. The van der Waals surface area contributed by atoms with E-state index >= 15 is 0 Å². The van der Waals surface area contributed by atoms with Crippen molar-refractivity contribution < 1.29 is 19.0 Å². The summed E-state index contributed by atoms with van der Waals surface area (Å²) in [5, 5.41) is 13.3. The highest BCUT2D eigenvalue weighted by Crippen LogP contribution is 2.32. The van der Waals surface area contributed by atoms with Gasteiger partial charge in [-0.15, -0.1) is 0 Å². The number of aromatic carboxylic acids is 1. The Morgan fingerprint density at radius 3 is 2.78 bits per heavy atom. The first-order chi connectivity index (χ1) is 11.0. The molecule has 0 spiro atoms. The number of hydrogen-bond donors (Lipinski definition) is 3. The van der Waals surface area contributed by atoms with Gasteiger partial charge in [-0.2, -0.15) is 0 Å². The van der Waals surface area contributed by atoms with Crippen LogP contribution in [0.25, 0.3) is 10.9 Å². The average Bonchev–Trinajstić information content (AvgIpc) is 2.93. The van der Waals surface area contributed by atoms with E-state index in [0.29, 0.717) is 27.3 Å². The zero-order valence-corrected chi connectivity index (χ0v) is 12.7. The Balaban J connectivity index is 2.07. The van der Waals surface area contributed by atoms with E-state index in [-0.39, 0.29) is 11.4 Å². The second-order valence-electron chi connectivity index (χ2n) is 4.88. The van der Waals surface area contributed by atoms with Crippen molar-refractivity contribution in [3.8, 4) is 5.75 Å². The van der Waals surface area contributed by atoms with E-state index in [1.54, 1.807) is 18.2 Å². The number of carbonyl (C=O) groups is 1. The quantitative estimate of drug-likeness (QED) is 0.660. The molecule has 0 fully saturated rings. The van der Waals surface area contributed by atoms with Crippen molar-refractivity contribution in [2.45, 2.75) is 0 Å². The monoisotopic (exact) mass is 334 g/mol. The molecule has 3 aromatic rings. The van der Waals surface area contributed by atoms with Crippen LogP contribution in [0.1, 0.15) is 10.5 Å². The second-order valence-corrected chi connectivity index (χ2v) is 5.31. The summed E-state index contributed by atoms with van der Waals surface area (Å²) < 4.78 is 18.4. The molecule has 0 atom stereocenters. The standard InChI is InChI=1S/C16H12ClFN2O3/c1-23-15-6-9(2-3-11(15)18)19-12-4-8(17)5-13-10(12)7-14(20-13)16(21)22/h2-7,19-20H,1H3,(H,21,22). The van der Waals surface area contributed by atoms with Gasteiger partial charge in [0.05, 0.1) is 7.11 Å². The van der Waals surface area contributed by atoms with Crippen molar-refractivity contribution in [3.63, 3.8) is 0 Å². The lowest BCUT2D eigenvalue weighted by Gasteiger charge is -2.10. The van der Waals surface area contributed by atoms with Crippen LogP contribution in [0.4, 0.5) is 15.8 Å². The van der Waals surface area contributed by atoms with Crippen molar-refractivity contribution in [2.24, 2.45) is 0 Å². The van der Waals surface area contributed by atoms with E-state index < -0.39 is 11.8 Å². The number of nitrogens with one attached hydrogen (secondary N) is 2. The van der Waals surface area contributed by atoms with Crippen LogP contribution in [-0.2, 0) is 0 Å². The number of halogens is 2. The number of rotatable bonds is 4. The molecule has 3 rings (SSSR count). The molecule has 2 aromatic carbocycles. The molecule has 1 heterocycles. The summed E-state index contributed by atoms with van der Waals surface area (Å²) in [6.45, 7) is 0. The molecular weight excluding hydrogens is 323 g/mol. The summed E-state index contributed by atoms with van der Waals surface area (Å²) in [6.07, 6.45) is 0. The Hall–Kier alpha value is -2.73. The van der Waals surface area contributed by atoms with Gasteiger partial charge >= 0.3 is 5.97 Å². The molecule has 1 aromatic heterocycles. The number of hydrogen-bond acceptors (Lipinski definition) is 3. The number of carboxylic acid groups (broad SMARTS) is 1. The van der Waals surface area contributed by atoms with Crippen LogP contribution in [0.5, 0.6) is 5.75 Å². The molecule has 7 heteroatoms. The third-order valence-electron chi connectivity index (χ3n) is 3.36. The van der Waals surface area contributed by atoms with Crippen molar-refractivity contribution in [2.75, 3.05) is 12.4 Å². The number of benzene rings is 2. The van der Waals surface area contributed by atoms with Crippen LogP contribution in [-0.4, -0.2) is 23.2 Å².